The summed E-state index contributed by atoms with van der Waals surface area (Å²) in [6.45, 7) is 8.16. The molecule has 4 rings (SSSR count). The van der Waals surface area contributed by atoms with E-state index >= 15 is 0 Å². The van der Waals surface area contributed by atoms with Crippen molar-refractivity contribution in [3.63, 3.8) is 0 Å². The average molecular weight is 593 g/mol. The predicted molar refractivity (Wildman–Crippen MR) is 150 cm³/mol. The highest BCUT2D eigenvalue weighted by Gasteiger charge is 2.36. The zero-order chi connectivity index (χ0) is 29.4. The Morgan fingerprint density at radius 2 is 1.90 bits per heavy atom. The van der Waals surface area contributed by atoms with Gasteiger partial charge in [0.15, 0.2) is 0 Å². The summed E-state index contributed by atoms with van der Waals surface area (Å²) >= 11 is 6.88. The normalized spacial score (nSPS) is 12.7. The van der Waals surface area contributed by atoms with Gasteiger partial charge in [-0.25, -0.2) is 13.8 Å². The van der Waals surface area contributed by atoms with E-state index in [1.165, 1.54) is 60.9 Å². The van der Waals surface area contributed by atoms with Gasteiger partial charge in [0, 0.05) is 11.1 Å². The first-order valence-corrected chi connectivity index (χ1v) is 13.8. The van der Waals surface area contributed by atoms with Crippen LogP contribution in [0.2, 0.25) is 0 Å². The lowest BCUT2D eigenvalue weighted by molar-refractivity contribution is -0.128. The third kappa shape index (κ3) is 5.28. The maximum Gasteiger partial charge on any atom is 0.333 e. The number of alkyl halides is 1. The quantitative estimate of drug-likeness (QED) is 0.221. The van der Waals surface area contributed by atoms with Crippen LogP contribution in [0.15, 0.2) is 40.2 Å². The molecule has 0 saturated heterocycles. The van der Waals surface area contributed by atoms with Gasteiger partial charge in [0.2, 0.25) is 5.91 Å². The molecule has 0 radical (unpaired) electrons. The molecule has 214 valence electrons. The Bertz CT molecular complexity index is 1660. The number of hydrogen-bond acceptors (Lipinski definition) is 8. The van der Waals surface area contributed by atoms with Crippen LogP contribution in [0.4, 0.5) is 4.39 Å². The first kappa shape index (κ1) is 29.4. The van der Waals surface area contributed by atoms with Gasteiger partial charge in [-0.1, -0.05) is 11.3 Å². The first-order valence-electron chi connectivity index (χ1n) is 12.4. The van der Waals surface area contributed by atoms with Gasteiger partial charge in [-0.3, -0.25) is 14.2 Å². The molecule has 3 heterocycles. The van der Waals surface area contributed by atoms with Crippen molar-refractivity contribution < 1.29 is 18.7 Å². The number of nitrogens with zero attached hydrogens (tertiary/aromatic N) is 5. The van der Waals surface area contributed by atoms with Gasteiger partial charge in [-0.15, -0.1) is 16.4 Å². The summed E-state index contributed by atoms with van der Waals surface area (Å²) in [5.41, 5.74) is -2.09. The van der Waals surface area contributed by atoms with Gasteiger partial charge in [0.1, 0.15) is 33.0 Å². The maximum atomic E-state index is 14.4. The van der Waals surface area contributed by atoms with Crippen LogP contribution < -0.4 is 21.3 Å². The zero-order valence-electron chi connectivity index (χ0n) is 22.9. The number of carbonyl (C=O) groups excluding carboxylic acids is 1. The lowest BCUT2D eigenvalue weighted by atomic mass is 10.0. The minimum absolute atomic E-state index is 0.118. The number of methoxy groups -OCH3 is 1. The minimum Gasteiger partial charge on any atom is -0.496 e. The summed E-state index contributed by atoms with van der Waals surface area (Å²) in [6.07, 6.45) is 1.83. The smallest absolute Gasteiger partial charge is 0.333 e. The highest BCUT2D eigenvalue weighted by Crippen LogP contribution is 2.34. The van der Waals surface area contributed by atoms with E-state index in [1.54, 1.807) is 6.92 Å². The molecule has 0 unspecified atom stereocenters. The van der Waals surface area contributed by atoms with E-state index in [9.17, 15) is 18.8 Å². The van der Waals surface area contributed by atoms with Crippen LogP contribution in [0.5, 0.6) is 5.75 Å². The third-order valence-electron chi connectivity index (χ3n) is 6.45. The van der Waals surface area contributed by atoms with Crippen LogP contribution in [-0.2, 0) is 21.6 Å². The standard InChI is InChI=1S/C26H30ClFN6O5S/c1-14(2)39-19(17-11-16(28)7-8-18(17)38-6)12-32-23-20(15(3)22(40-23)34-30-9-10-31-34)21(35)33(25(32)37)26(4,5)24(36)29-13-27/h7-11,14,19H,12-13H2,1-6H3,(H,29,36)/t19-/m0/s1. The van der Waals surface area contributed by atoms with Crippen molar-refractivity contribution in [3.8, 4) is 10.8 Å². The number of aryl methyl sites for hydroxylation is 1. The highest BCUT2D eigenvalue weighted by atomic mass is 35.5. The largest absolute Gasteiger partial charge is 0.496 e. The number of nitrogens with one attached hydrogen (secondary N) is 1. The zero-order valence-corrected chi connectivity index (χ0v) is 24.5. The second-order valence-corrected chi connectivity index (χ2v) is 11.1. The second kappa shape index (κ2) is 11.5. The van der Waals surface area contributed by atoms with Gasteiger partial charge in [-0.05, 0) is 52.8 Å². The van der Waals surface area contributed by atoms with Crippen molar-refractivity contribution in [2.24, 2.45) is 0 Å². The molecule has 11 nitrogen and oxygen atoms in total. The number of amides is 1. The molecule has 3 aromatic heterocycles. The SMILES string of the molecule is COc1ccc(F)cc1[C@H](Cn1c(=O)n(C(C)(C)C(=O)NCCl)c(=O)c2c(C)c(-n3nccn3)sc21)OC(C)C. The van der Waals surface area contributed by atoms with Crippen LogP contribution in [-0.4, -0.2) is 49.3 Å². The van der Waals surface area contributed by atoms with E-state index in [0.29, 0.717) is 26.7 Å². The molecule has 0 aliphatic heterocycles. The second-order valence-electron chi connectivity index (χ2n) is 9.82. The van der Waals surface area contributed by atoms with Crippen LogP contribution in [0, 0.1) is 12.7 Å². The Labute approximate surface area is 238 Å². The molecule has 0 aliphatic carbocycles. The Kier molecular flexibility index (Phi) is 8.47. The lowest BCUT2D eigenvalue weighted by Crippen LogP contribution is -2.55. The molecule has 1 atom stereocenters. The topological polar surface area (TPSA) is 122 Å². The average Bonchev–Trinajstić information content (AvgIpc) is 3.53. The highest BCUT2D eigenvalue weighted by molar-refractivity contribution is 7.21. The fraction of sp³-hybridized carbons (Fsp3) is 0.423. The van der Waals surface area contributed by atoms with Crippen molar-refractivity contribution in [3.05, 3.63) is 68.4 Å². The number of rotatable bonds is 10. The molecule has 1 amide bonds. The van der Waals surface area contributed by atoms with Crippen molar-refractivity contribution in [2.75, 3.05) is 13.1 Å². The first-order chi connectivity index (χ1) is 18.9. The Morgan fingerprint density at radius 1 is 1.23 bits per heavy atom. The maximum absolute atomic E-state index is 14.4. The Hall–Kier alpha value is -3.55. The molecular formula is C26H30ClFN6O5S. The van der Waals surface area contributed by atoms with Gasteiger partial charge in [0.25, 0.3) is 5.56 Å². The number of ether oxygens (including phenoxy) is 2. The Morgan fingerprint density at radius 3 is 2.50 bits per heavy atom. The summed E-state index contributed by atoms with van der Waals surface area (Å²) in [5.74, 6) is -0.750. The van der Waals surface area contributed by atoms with Gasteiger partial charge in [-0.2, -0.15) is 10.2 Å². The molecule has 0 aliphatic rings. The van der Waals surface area contributed by atoms with Crippen molar-refractivity contribution >= 4 is 39.1 Å². The molecule has 0 saturated carbocycles. The van der Waals surface area contributed by atoms with Crippen molar-refractivity contribution in [1.29, 1.82) is 0 Å². The van der Waals surface area contributed by atoms with Crippen LogP contribution >= 0.6 is 22.9 Å². The van der Waals surface area contributed by atoms with E-state index in [1.807, 2.05) is 13.8 Å². The van der Waals surface area contributed by atoms with Crippen LogP contribution in [0.25, 0.3) is 15.2 Å². The molecule has 0 bridgehead atoms. The number of benzene rings is 1. The van der Waals surface area contributed by atoms with Crippen LogP contribution in [0.1, 0.15) is 44.9 Å². The number of thiophene rings is 1. The summed E-state index contributed by atoms with van der Waals surface area (Å²) < 4.78 is 28.3. The third-order valence-corrected chi connectivity index (χ3v) is 7.87. The minimum atomic E-state index is -1.61. The van der Waals surface area contributed by atoms with E-state index in [2.05, 4.69) is 15.5 Å². The molecule has 1 N–H and O–H groups in total. The summed E-state index contributed by atoms with van der Waals surface area (Å²) in [7, 11) is 1.46. The van der Waals surface area contributed by atoms with Gasteiger partial charge < -0.3 is 14.8 Å². The van der Waals surface area contributed by atoms with Gasteiger partial charge in [0.05, 0.1) is 43.5 Å². The molecule has 14 heteroatoms. The van der Waals surface area contributed by atoms with Gasteiger partial charge >= 0.3 is 5.69 Å². The fourth-order valence-corrected chi connectivity index (χ4v) is 5.89. The number of hydrogen-bond donors (Lipinski definition) is 1. The number of fused-ring (bicyclic) bond motifs is 1. The van der Waals surface area contributed by atoms with E-state index in [-0.39, 0.29) is 24.0 Å². The molecule has 1 aromatic carbocycles. The molecular weight excluding hydrogens is 563 g/mol. The fourth-order valence-electron chi connectivity index (χ4n) is 4.54. The molecule has 0 spiro atoms. The lowest BCUT2D eigenvalue weighted by Gasteiger charge is -2.28. The predicted octanol–water partition coefficient (Wildman–Crippen LogP) is 3.48. The molecule has 0 fully saturated rings. The van der Waals surface area contributed by atoms with Crippen LogP contribution in [0.3, 0.4) is 0 Å². The summed E-state index contributed by atoms with van der Waals surface area (Å²) in [6, 6.07) is 3.84. The van der Waals surface area contributed by atoms with E-state index < -0.39 is 34.6 Å². The van der Waals surface area contributed by atoms with Crippen molar-refractivity contribution in [1.82, 2.24) is 29.4 Å². The Balaban J connectivity index is 2.06. The van der Waals surface area contributed by atoms with E-state index in [0.717, 1.165) is 15.9 Å². The summed E-state index contributed by atoms with van der Waals surface area (Å²) in [4.78, 5) is 42.8. The number of aromatic nitrogens is 5. The number of halogens is 2. The number of carbonyl (C=O) groups is 1. The molecule has 4 aromatic rings. The van der Waals surface area contributed by atoms with Crippen molar-refractivity contribution in [2.45, 2.75) is 58.9 Å². The van der Waals surface area contributed by atoms with E-state index in [4.69, 9.17) is 21.1 Å². The monoisotopic (exact) mass is 592 g/mol. The molecule has 40 heavy (non-hydrogen) atoms. The summed E-state index contributed by atoms with van der Waals surface area (Å²) in [5, 5.41) is 11.6.